The first kappa shape index (κ1) is 13.9. The molecule has 84 valence electrons. The van der Waals surface area contributed by atoms with Crippen LogP contribution in [-0.2, 0) is 4.79 Å². The van der Waals surface area contributed by atoms with Crippen LogP contribution in [-0.4, -0.2) is 28.2 Å². The molecule has 2 nitrogen and oxygen atoms in total. The van der Waals surface area contributed by atoms with Gasteiger partial charge in [0.1, 0.15) is 0 Å². The number of hydrogen-bond acceptors (Lipinski definition) is 1. The van der Waals surface area contributed by atoms with Gasteiger partial charge >= 0.3 is 0 Å². The summed E-state index contributed by atoms with van der Waals surface area (Å²) < 4.78 is -0.434. The zero-order valence-corrected chi connectivity index (χ0v) is 11.5. The van der Waals surface area contributed by atoms with E-state index in [0.717, 1.165) is 19.5 Å². The van der Waals surface area contributed by atoms with Crippen LogP contribution in [0.5, 0.6) is 0 Å². The van der Waals surface area contributed by atoms with Gasteiger partial charge < -0.3 is 4.90 Å². The van der Waals surface area contributed by atoms with Gasteiger partial charge in [0.25, 0.3) is 0 Å². The number of rotatable bonds is 5. The van der Waals surface area contributed by atoms with Gasteiger partial charge in [-0.1, -0.05) is 36.2 Å². The van der Waals surface area contributed by atoms with E-state index in [1.807, 2.05) is 25.7 Å². The molecule has 1 amide bonds. The fourth-order valence-electron chi connectivity index (χ4n) is 1.24. The molecule has 0 heterocycles. The minimum absolute atomic E-state index is 0.181. The first-order valence-electron chi connectivity index (χ1n) is 5.31. The largest absolute Gasteiger partial charge is 0.342 e. The van der Waals surface area contributed by atoms with Crippen molar-refractivity contribution in [2.75, 3.05) is 13.1 Å². The number of halogens is 1. The smallest absolute Gasteiger partial charge is 0.238 e. The zero-order valence-electron chi connectivity index (χ0n) is 9.93. The fourth-order valence-corrected chi connectivity index (χ4v) is 1.49. The quantitative estimate of drug-likeness (QED) is 0.699. The Hall–Kier alpha value is -0.0500. The van der Waals surface area contributed by atoms with Crippen LogP contribution in [0.25, 0.3) is 0 Å². The lowest BCUT2D eigenvalue weighted by atomic mass is 10.1. The first-order valence-corrected chi connectivity index (χ1v) is 6.10. The Morgan fingerprint density at radius 2 is 1.93 bits per heavy atom. The van der Waals surface area contributed by atoms with E-state index >= 15 is 0 Å². The van der Waals surface area contributed by atoms with Gasteiger partial charge in [0, 0.05) is 13.1 Å². The van der Waals surface area contributed by atoms with Crippen molar-refractivity contribution in [3.63, 3.8) is 0 Å². The van der Waals surface area contributed by atoms with Gasteiger partial charge in [-0.2, -0.15) is 0 Å². The summed E-state index contributed by atoms with van der Waals surface area (Å²) in [6.45, 7) is 11.8. The van der Waals surface area contributed by atoms with Crippen molar-refractivity contribution >= 4 is 21.8 Å². The molecule has 0 rings (SSSR count). The molecule has 3 heteroatoms. The van der Waals surface area contributed by atoms with Crippen LogP contribution in [0.4, 0.5) is 0 Å². The van der Waals surface area contributed by atoms with Crippen LogP contribution in [0.15, 0.2) is 0 Å². The van der Waals surface area contributed by atoms with Gasteiger partial charge in [-0.25, -0.2) is 0 Å². The minimum atomic E-state index is -0.434. The molecule has 0 aromatic heterocycles. The Kier molecular flexibility index (Phi) is 5.72. The second kappa shape index (κ2) is 5.74. The molecule has 0 bridgehead atoms. The summed E-state index contributed by atoms with van der Waals surface area (Å²) in [4.78, 5) is 13.8. The first-order chi connectivity index (χ1) is 6.32. The monoisotopic (exact) mass is 263 g/mol. The highest BCUT2D eigenvalue weighted by atomic mass is 79.9. The van der Waals surface area contributed by atoms with E-state index in [1.54, 1.807) is 0 Å². The van der Waals surface area contributed by atoms with Crippen molar-refractivity contribution in [3.05, 3.63) is 0 Å². The maximum absolute atomic E-state index is 11.9. The van der Waals surface area contributed by atoms with E-state index in [9.17, 15) is 4.79 Å². The lowest BCUT2D eigenvalue weighted by Gasteiger charge is -2.29. The van der Waals surface area contributed by atoms with Gasteiger partial charge in [-0.15, -0.1) is 0 Å². The molecule has 0 aliphatic heterocycles. The molecular weight excluding hydrogens is 242 g/mol. The van der Waals surface area contributed by atoms with E-state index in [0.29, 0.717) is 5.92 Å². The van der Waals surface area contributed by atoms with Gasteiger partial charge in [0.2, 0.25) is 5.91 Å². The summed E-state index contributed by atoms with van der Waals surface area (Å²) in [5.41, 5.74) is 0. The predicted octanol–water partition coefficient (Wildman–Crippen LogP) is 3.05. The number of carbonyl (C=O) groups excluding carboxylic acids is 1. The summed E-state index contributed by atoms with van der Waals surface area (Å²) in [6, 6.07) is 0. The van der Waals surface area contributed by atoms with Crippen LogP contribution in [0.1, 0.15) is 41.0 Å². The van der Waals surface area contributed by atoms with E-state index in [2.05, 4.69) is 29.8 Å². The second-order valence-corrected chi connectivity index (χ2v) is 6.31. The molecule has 0 aliphatic carbocycles. The highest BCUT2D eigenvalue weighted by Gasteiger charge is 2.28. The Balaban J connectivity index is 4.35. The summed E-state index contributed by atoms with van der Waals surface area (Å²) in [5, 5.41) is 0. The minimum Gasteiger partial charge on any atom is -0.342 e. The third-order valence-electron chi connectivity index (χ3n) is 2.41. The summed E-state index contributed by atoms with van der Waals surface area (Å²) in [5.74, 6) is 0.758. The van der Waals surface area contributed by atoms with Gasteiger partial charge in [-0.05, 0) is 26.7 Å². The number of hydrogen-bond donors (Lipinski definition) is 0. The lowest BCUT2D eigenvalue weighted by Crippen LogP contribution is -2.43. The normalized spacial score (nSPS) is 13.9. The molecular formula is C11H22BrNO. The number of alkyl halides is 1. The predicted molar refractivity (Wildman–Crippen MR) is 64.7 cm³/mol. The topological polar surface area (TPSA) is 20.3 Å². The number of amides is 1. The van der Waals surface area contributed by atoms with Gasteiger partial charge in [0.15, 0.2) is 0 Å². The second-order valence-electron chi connectivity index (χ2n) is 4.33. The van der Waals surface area contributed by atoms with Crippen LogP contribution in [0, 0.1) is 5.92 Å². The molecule has 0 saturated heterocycles. The van der Waals surface area contributed by atoms with Gasteiger partial charge in [-0.3, -0.25) is 4.79 Å². The summed E-state index contributed by atoms with van der Waals surface area (Å²) in [6.07, 6.45) is 1.12. The molecule has 0 aromatic rings. The van der Waals surface area contributed by atoms with E-state index in [-0.39, 0.29) is 5.91 Å². The molecule has 0 saturated carbocycles. The molecule has 1 unspecified atom stereocenters. The van der Waals surface area contributed by atoms with Crippen molar-refractivity contribution in [1.82, 2.24) is 4.90 Å². The van der Waals surface area contributed by atoms with Crippen LogP contribution in [0.2, 0.25) is 0 Å². The maximum Gasteiger partial charge on any atom is 0.238 e. The molecule has 1 atom stereocenters. The van der Waals surface area contributed by atoms with Crippen molar-refractivity contribution < 1.29 is 4.79 Å². The number of carbonyl (C=O) groups is 1. The van der Waals surface area contributed by atoms with Crippen LogP contribution >= 0.6 is 15.9 Å². The Morgan fingerprint density at radius 1 is 1.43 bits per heavy atom. The zero-order chi connectivity index (χ0) is 11.4. The fraction of sp³-hybridized carbons (Fsp3) is 0.909. The molecule has 0 aliphatic rings. The van der Waals surface area contributed by atoms with Crippen molar-refractivity contribution in [3.8, 4) is 0 Å². The van der Waals surface area contributed by atoms with E-state index < -0.39 is 4.32 Å². The van der Waals surface area contributed by atoms with Crippen LogP contribution < -0.4 is 0 Å². The highest BCUT2D eigenvalue weighted by molar-refractivity contribution is 9.10. The highest BCUT2D eigenvalue weighted by Crippen LogP contribution is 2.20. The average Bonchev–Trinajstić information content (AvgIpc) is 2.11. The van der Waals surface area contributed by atoms with Crippen molar-refractivity contribution in [1.29, 1.82) is 0 Å². The Morgan fingerprint density at radius 3 is 2.21 bits per heavy atom. The lowest BCUT2D eigenvalue weighted by molar-refractivity contribution is -0.133. The van der Waals surface area contributed by atoms with Crippen molar-refractivity contribution in [2.45, 2.75) is 45.4 Å². The van der Waals surface area contributed by atoms with Crippen LogP contribution in [0.3, 0.4) is 0 Å². The van der Waals surface area contributed by atoms with E-state index in [1.165, 1.54) is 0 Å². The standard InChI is InChI=1S/C11H22BrNO/c1-6-9(3)8-13(7-2)10(14)11(4,5)12/h9H,6-8H2,1-5H3. The molecule has 14 heavy (non-hydrogen) atoms. The maximum atomic E-state index is 11.9. The molecule has 0 N–H and O–H groups in total. The molecule has 0 fully saturated rings. The average molecular weight is 264 g/mol. The third kappa shape index (κ3) is 4.45. The Labute approximate surface area is 96.2 Å². The molecule has 0 aromatic carbocycles. The summed E-state index contributed by atoms with van der Waals surface area (Å²) >= 11 is 3.41. The molecule has 0 spiro atoms. The summed E-state index contributed by atoms with van der Waals surface area (Å²) in [7, 11) is 0. The Bertz CT molecular complexity index is 186. The van der Waals surface area contributed by atoms with Gasteiger partial charge in [0.05, 0.1) is 4.32 Å². The van der Waals surface area contributed by atoms with Crippen molar-refractivity contribution in [2.24, 2.45) is 5.92 Å². The molecule has 0 radical (unpaired) electrons. The SMILES string of the molecule is CCC(C)CN(CC)C(=O)C(C)(C)Br. The van der Waals surface area contributed by atoms with E-state index in [4.69, 9.17) is 0 Å². The third-order valence-corrected chi connectivity index (χ3v) is 2.75. The number of nitrogens with zero attached hydrogens (tertiary/aromatic N) is 1.